The van der Waals surface area contributed by atoms with Gasteiger partial charge in [0.25, 0.3) is 0 Å². The van der Waals surface area contributed by atoms with Crippen LogP contribution in [0, 0.1) is 4.77 Å². The molecule has 4 aromatic rings. The molecule has 0 fully saturated rings. The van der Waals surface area contributed by atoms with E-state index in [1.54, 1.807) is 16.9 Å². The van der Waals surface area contributed by atoms with Gasteiger partial charge in [0.1, 0.15) is 0 Å². The minimum absolute atomic E-state index is 0.534. The van der Waals surface area contributed by atoms with Gasteiger partial charge in [0.05, 0.1) is 5.52 Å². The number of hydrogen-bond acceptors (Lipinski definition) is 4. The first-order valence-corrected chi connectivity index (χ1v) is 6.52. The summed E-state index contributed by atoms with van der Waals surface area (Å²) in [6.07, 6.45) is 3.44. The summed E-state index contributed by atoms with van der Waals surface area (Å²) >= 11 is 5.34. The molecule has 0 saturated carbocycles. The van der Waals surface area contributed by atoms with Crippen molar-refractivity contribution in [1.82, 2.24) is 24.6 Å². The number of hydrogen-bond donors (Lipinski definition) is 1. The SMILES string of the molecule is S=c1[nH]c2ccccc2c2nc(-c3ccncc3)nn12. The number of pyridine rings is 1. The number of H-pyrrole nitrogens is 1. The standard InChI is InChI=1S/C14H9N5S/c20-14-16-11-4-2-1-3-10(11)13-17-12(18-19(13)14)9-5-7-15-8-6-9/h1-8H,(H,16,20). The second kappa shape index (κ2) is 4.21. The van der Waals surface area contributed by atoms with Crippen LogP contribution in [0.1, 0.15) is 0 Å². The van der Waals surface area contributed by atoms with Crippen LogP contribution in [-0.2, 0) is 0 Å². The van der Waals surface area contributed by atoms with Gasteiger partial charge in [-0.05, 0) is 36.5 Å². The van der Waals surface area contributed by atoms with E-state index in [2.05, 4.69) is 20.1 Å². The molecule has 0 amide bonds. The van der Waals surface area contributed by atoms with Crippen molar-refractivity contribution in [2.75, 3.05) is 0 Å². The van der Waals surface area contributed by atoms with Gasteiger partial charge >= 0.3 is 0 Å². The lowest BCUT2D eigenvalue weighted by molar-refractivity contribution is 0.918. The van der Waals surface area contributed by atoms with Crippen LogP contribution in [0.2, 0.25) is 0 Å². The minimum Gasteiger partial charge on any atom is -0.330 e. The van der Waals surface area contributed by atoms with E-state index >= 15 is 0 Å². The molecule has 0 spiro atoms. The van der Waals surface area contributed by atoms with E-state index in [9.17, 15) is 0 Å². The molecule has 3 heterocycles. The predicted molar refractivity (Wildman–Crippen MR) is 78.9 cm³/mol. The van der Waals surface area contributed by atoms with Crippen molar-refractivity contribution in [1.29, 1.82) is 0 Å². The summed E-state index contributed by atoms with van der Waals surface area (Å²) in [5.74, 6) is 0.642. The summed E-state index contributed by atoms with van der Waals surface area (Å²) in [7, 11) is 0. The van der Waals surface area contributed by atoms with Crippen molar-refractivity contribution in [3.63, 3.8) is 0 Å². The summed E-state index contributed by atoms with van der Waals surface area (Å²) in [6.45, 7) is 0. The van der Waals surface area contributed by atoms with Gasteiger partial charge in [0, 0.05) is 23.3 Å². The number of rotatable bonds is 1. The van der Waals surface area contributed by atoms with Gasteiger partial charge in [-0.25, -0.2) is 4.98 Å². The van der Waals surface area contributed by atoms with E-state index < -0.39 is 0 Å². The fourth-order valence-electron chi connectivity index (χ4n) is 2.21. The third-order valence-corrected chi connectivity index (χ3v) is 3.42. The molecule has 20 heavy (non-hydrogen) atoms. The summed E-state index contributed by atoms with van der Waals surface area (Å²) < 4.78 is 2.19. The van der Waals surface area contributed by atoms with Crippen LogP contribution in [0.4, 0.5) is 0 Å². The predicted octanol–water partition coefficient (Wildman–Crippen LogP) is 3.00. The number of nitrogens with one attached hydrogen (secondary N) is 1. The molecular formula is C14H9N5S. The van der Waals surface area contributed by atoms with Crippen LogP contribution in [0.3, 0.4) is 0 Å². The van der Waals surface area contributed by atoms with Crippen LogP contribution < -0.4 is 0 Å². The van der Waals surface area contributed by atoms with E-state index in [4.69, 9.17) is 12.2 Å². The molecule has 0 radical (unpaired) electrons. The van der Waals surface area contributed by atoms with Gasteiger partial charge in [-0.15, -0.1) is 5.10 Å². The van der Waals surface area contributed by atoms with Gasteiger partial charge in [0.2, 0.25) is 4.77 Å². The van der Waals surface area contributed by atoms with Crippen LogP contribution in [-0.4, -0.2) is 24.6 Å². The maximum atomic E-state index is 5.34. The molecule has 3 aromatic heterocycles. The molecule has 0 aliphatic heterocycles. The van der Waals surface area contributed by atoms with E-state index in [0.29, 0.717) is 10.6 Å². The van der Waals surface area contributed by atoms with Crippen molar-refractivity contribution >= 4 is 28.8 Å². The molecule has 6 heteroatoms. The first kappa shape index (κ1) is 11.2. The normalized spacial score (nSPS) is 11.2. The Labute approximate surface area is 118 Å². The maximum absolute atomic E-state index is 5.34. The van der Waals surface area contributed by atoms with Gasteiger partial charge in [-0.1, -0.05) is 12.1 Å². The van der Waals surface area contributed by atoms with Crippen molar-refractivity contribution in [3.05, 3.63) is 53.6 Å². The Morgan fingerprint density at radius 2 is 1.85 bits per heavy atom. The highest BCUT2D eigenvalue weighted by molar-refractivity contribution is 7.71. The van der Waals surface area contributed by atoms with Gasteiger partial charge < -0.3 is 4.98 Å². The number of para-hydroxylation sites is 1. The summed E-state index contributed by atoms with van der Waals surface area (Å²) in [4.78, 5) is 11.8. The topological polar surface area (TPSA) is 58.9 Å². The van der Waals surface area contributed by atoms with E-state index in [1.807, 2.05) is 36.4 Å². The zero-order valence-corrected chi connectivity index (χ0v) is 11.1. The smallest absolute Gasteiger partial charge is 0.200 e. The number of nitrogens with zero attached hydrogens (tertiary/aromatic N) is 4. The van der Waals surface area contributed by atoms with Gasteiger partial charge in [0.15, 0.2) is 11.5 Å². The quantitative estimate of drug-likeness (QED) is 0.544. The minimum atomic E-state index is 0.534. The van der Waals surface area contributed by atoms with Crippen LogP contribution in [0.5, 0.6) is 0 Å². The highest BCUT2D eigenvalue weighted by atomic mass is 32.1. The molecule has 1 N–H and O–H groups in total. The van der Waals surface area contributed by atoms with Crippen LogP contribution >= 0.6 is 12.2 Å². The Balaban J connectivity index is 2.11. The summed E-state index contributed by atoms with van der Waals surface area (Å²) in [5.41, 5.74) is 2.64. The van der Waals surface area contributed by atoms with Crippen molar-refractivity contribution in [3.8, 4) is 11.4 Å². The van der Waals surface area contributed by atoms with E-state index in [1.165, 1.54) is 0 Å². The molecule has 4 rings (SSSR count). The third-order valence-electron chi connectivity index (χ3n) is 3.15. The zero-order chi connectivity index (χ0) is 13.5. The Bertz CT molecular complexity index is 971. The van der Waals surface area contributed by atoms with Crippen molar-refractivity contribution in [2.45, 2.75) is 0 Å². The molecule has 0 aliphatic rings. The molecule has 0 bridgehead atoms. The molecule has 0 unspecified atom stereocenters. The van der Waals surface area contributed by atoms with Gasteiger partial charge in [-0.3, -0.25) is 4.98 Å². The average Bonchev–Trinajstić information content (AvgIpc) is 2.94. The molecular weight excluding hydrogens is 270 g/mol. The molecule has 96 valence electrons. The Morgan fingerprint density at radius 3 is 2.70 bits per heavy atom. The lowest BCUT2D eigenvalue weighted by Crippen LogP contribution is -1.94. The number of benzene rings is 1. The zero-order valence-electron chi connectivity index (χ0n) is 10.3. The fourth-order valence-corrected chi connectivity index (χ4v) is 2.44. The number of aromatic amines is 1. The molecule has 0 saturated heterocycles. The number of aromatic nitrogens is 5. The summed E-state index contributed by atoms with van der Waals surface area (Å²) in [6, 6.07) is 11.7. The largest absolute Gasteiger partial charge is 0.330 e. The molecule has 0 aliphatic carbocycles. The highest BCUT2D eigenvalue weighted by Crippen LogP contribution is 2.20. The van der Waals surface area contributed by atoms with E-state index in [-0.39, 0.29) is 0 Å². The summed E-state index contributed by atoms with van der Waals surface area (Å²) in [5, 5.41) is 5.47. The first-order valence-electron chi connectivity index (χ1n) is 6.11. The Hall–Kier alpha value is -2.60. The first-order chi connectivity index (χ1) is 9.83. The van der Waals surface area contributed by atoms with Crippen LogP contribution in [0.25, 0.3) is 27.9 Å². The average molecular weight is 279 g/mol. The molecule has 5 nitrogen and oxygen atoms in total. The van der Waals surface area contributed by atoms with Gasteiger partial charge in [-0.2, -0.15) is 4.52 Å². The Kier molecular flexibility index (Phi) is 2.37. The highest BCUT2D eigenvalue weighted by Gasteiger charge is 2.10. The maximum Gasteiger partial charge on any atom is 0.200 e. The second-order valence-electron chi connectivity index (χ2n) is 4.38. The van der Waals surface area contributed by atoms with Crippen molar-refractivity contribution < 1.29 is 0 Å². The molecule has 1 aromatic carbocycles. The lowest BCUT2D eigenvalue weighted by Gasteiger charge is -1.98. The molecule has 0 atom stereocenters. The van der Waals surface area contributed by atoms with Crippen LogP contribution in [0.15, 0.2) is 48.8 Å². The van der Waals surface area contributed by atoms with Crippen molar-refractivity contribution in [2.24, 2.45) is 0 Å². The Morgan fingerprint density at radius 1 is 1.05 bits per heavy atom. The monoisotopic (exact) mass is 279 g/mol. The lowest BCUT2D eigenvalue weighted by atomic mass is 10.2. The number of fused-ring (bicyclic) bond motifs is 3. The second-order valence-corrected chi connectivity index (χ2v) is 4.77. The fraction of sp³-hybridized carbons (Fsp3) is 0. The third kappa shape index (κ3) is 1.62. The van der Waals surface area contributed by atoms with E-state index in [0.717, 1.165) is 22.1 Å².